The number of nitrogens with one attached hydrogen (secondary N) is 1. The molecule has 1 heterocycles. The second-order valence-corrected chi connectivity index (χ2v) is 5.65. The molecule has 0 aromatic carbocycles. The summed E-state index contributed by atoms with van der Waals surface area (Å²) in [7, 11) is -2.52. The second kappa shape index (κ2) is 5.49. The Balaban J connectivity index is 3.15. The third kappa shape index (κ3) is 2.70. The van der Waals surface area contributed by atoms with Crippen molar-refractivity contribution in [3.05, 3.63) is 11.4 Å². The summed E-state index contributed by atoms with van der Waals surface area (Å²) in [4.78, 5) is 11.3. The van der Waals surface area contributed by atoms with Crippen molar-refractivity contribution in [2.75, 3.05) is 20.2 Å². The number of aromatic nitrogens is 2. The number of hydrogen-bond donors (Lipinski definition) is 1. The number of esters is 1. The summed E-state index contributed by atoms with van der Waals surface area (Å²) in [5.74, 6) is -0.598. The van der Waals surface area contributed by atoms with Gasteiger partial charge in [0.15, 0.2) is 0 Å². The van der Waals surface area contributed by atoms with Crippen LogP contribution in [0.3, 0.4) is 0 Å². The Morgan fingerprint density at radius 3 is 2.44 bits per heavy atom. The molecule has 1 N–H and O–H groups in total. The van der Waals surface area contributed by atoms with Gasteiger partial charge in [-0.3, -0.25) is 9.89 Å². The molecule has 0 spiro atoms. The SMILES string of the molecule is CCN(CC(=O)OC)S(=O)(=O)c1c(C)n[nH]c1C. The fourth-order valence-electron chi connectivity index (χ4n) is 1.63. The number of sulfonamides is 1. The molecule has 0 saturated heterocycles. The molecule has 0 amide bonds. The van der Waals surface area contributed by atoms with E-state index in [-0.39, 0.29) is 18.0 Å². The molecule has 0 aliphatic rings. The van der Waals surface area contributed by atoms with Crippen LogP contribution in [0.4, 0.5) is 0 Å². The summed E-state index contributed by atoms with van der Waals surface area (Å²) in [5, 5.41) is 6.47. The van der Waals surface area contributed by atoms with Crippen LogP contribution in [0.1, 0.15) is 18.3 Å². The van der Waals surface area contributed by atoms with Crippen LogP contribution in [-0.4, -0.2) is 49.1 Å². The fraction of sp³-hybridized carbons (Fsp3) is 0.600. The highest BCUT2D eigenvalue weighted by Crippen LogP contribution is 2.21. The van der Waals surface area contributed by atoms with E-state index in [0.717, 1.165) is 4.31 Å². The van der Waals surface area contributed by atoms with Gasteiger partial charge in [-0.1, -0.05) is 6.92 Å². The number of H-pyrrole nitrogens is 1. The average Bonchev–Trinajstić information content (AvgIpc) is 2.65. The first-order valence-electron chi connectivity index (χ1n) is 5.43. The van der Waals surface area contributed by atoms with Gasteiger partial charge in [-0.05, 0) is 13.8 Å². The summed E-state index contributed by atoms with van der Waals surface area (Å²) in [6.07, 6.45) is 0. The van der Waals surface area contributed by atoms with E-state index in [9.17, 15) is 13.2 Å². The largest absolute Gasteiger partial charge is 0.468 e. The lowest BCUT2D eigenvalue weighted by Gasteiger charge is -2.19. The Morgan fingerprint density at radius 2 is 2.06 bits per heavy atom. The Morgan fingerprint density at radius 1 is 1.44 bits per heavy atom. The number of methoxy groups -OCH3 is 1. The zero-order valence-electron chi connectivity index (χ0n) is 10.8. The van der Waals surface area contributed by atoms with Crippen LogP contribution in [0.5, 0.6) is 0 Å². The normalized spacial score (nSPS) is 11.8. The molecule has 8 heteroatoms. The van der Waals surface area contributed by atoms with E-state index in [0.29, 0.717) is 11.4 Å². The average molecular weight is 275 g/mol. The zero-order valence-corrected chi connectivity index (χ0v) is 11.7. The van der Waals surface area contributed by atoms with Gasteiger partial charge < -0.3 is 4.74 Å². The van der Waals surface area contributed by atoms with E-state index >= 15 is 0 Å². The quantitative estimate of drug-likeness (QED) is 0.775. The maximum Gasteiger partial charge on any atom is 0.321 e. The Bertz CT molecular complexity index is 516. The molecule has 0 aliphatic carbocycles. The van der Waals surface area contributed by atoms with Crippen molar-refractivity contribution >= 4 is 16.0 Å². The van der Waals surface area contributed by atoms with E-state index < -0.39 is 16.0 Å². The van der Waals surface area contributed by atoms with Gasteiger partial charge in [0.05, 0.1) is 18.5 Å². The Kier molecular flexibility index (Phi) is 4.47. The van der Waals surface area contributed by atoms with Crippen molar-refractivity contribution in [3.8, 4) is 0 Å². The summed E-state index contributed by atoms with van der Waals surface area (Å²) in [5.41, 5.74) is 0.839. The molecule has 1 aromatic rings. The van der Waals surface area contributed by atoms with Crippen LogP contribution in [0.15, 0.2) is 4.90 Å². The minimum absolute atomic E-state index is 0.119. The van der Waals surface area contributed by atoms with Crippen LogP contribution in [0.25, 0.3) is 0 Å². The lowest BCUT2D eigenvalue weighted by Crippen LogP contribution is -2.36. The first-order chi connectivity index (χ1) is 8.34. The molecule has 0 bridgehead atoms. The molecule has 0 aliphatic heterocycles. The number of aryl methyl sites for hydroxylation is 2. The van der Waals surface area contributed by atoms with Crippen molar-refractivity contribution in [2.45, 2.75) is 25.7 Å². The molecule has 1 rings (SSSR count). The molecule has 0 unspecified atom stereocenters. The summed E-state index contributed by atoms with van der Waals surface area (Å²) < 4.78 is 30.3. The van der Waals surface area contributed by atoms with Gasteiger partial charge >= 0.3 is 5.97 Å². The van der Waals surface area contributed by atoms with Crippen LogP contribution >= 0.6 is 0 Å². The van der Waals surface area contributed by atoms with Crippen molar-refractivity contribution in [1.29, 1.82) is 0 Å². The molecule has 18 heavy (non-hydrogen) atoms. The Hall–Kier alpha value is -1.41. The van der Waals surface area contributed by atoms with Crippen molar-refractivity contribution in [3.63, 3.8) is 0 Å². The summed E-state index contributed by atoms with van der Waals surface area (Å²) in [6.45, 7) is 4.76. The number of rotatable bonds is 5. The van der Waals surface area contributed by atoms with Gasteiger partial charge in [0.1, 0.15) is 11.4 Å². The maximum absolute atomic E-state index is 12.4. The van der Waals surface area contributed by atoms with E-state index in [1.807, 2.05) is 0 Å². The van der Waals surface area contributed by atoms with Crippen molar-refractivity contribution in [2.24, 2.45) is 0 Å². The van der Waals surface area contributed by atoms with Gasteiger partial charge in [-0.25, -0.2) is 8.42 Å². The molecule has 0 saturated carbocycles. The monoisotopic (exact) mass is 275 g/mol. The minimum Gasteiger partial charge on any atom is -0.468 e. The van der Waals surface area contributed by atoms with Gasteiger partial charge in [0.2, 0.25) is 10.0 Å². The number of likely N-dealkylation sites (N-methyl/N-ethyl adjacent to an activating group) is 1. The van der Waals surface area contributed by atoms with E-state index in [4.69, 9.17) is 0 Å². The standard InChI is InChI=1S/C10H17N3O4S/c1-5-13(6-9(14)17-4)18(15,16)10-7(2)11-12-8(10)3/h5-6H2,1-4H3,(H,11,12). The van der Waals surface area contributed by atoms with Crippen molar-refractivity contribution < 1.29 is 17.9 Å². The zero-order chi connectivity index (χ0) is 13.9. The molecular formula is C10H17N3O4S. The molecule has 0 atom stereocenters. The first-order valence-corrected chi connectivity index (χ1v) is 6.87. The molecule has 0 radical (unpaired) electrons. The highest BCUT2D eigenvalue weighted by atomic mass is 32.2. The summed E-state index contributed by atoms with van der Waals surface area (Å²) in [6, 6.07) is 0. The molecule has 1 aromatic heterocycles. The van der Waals surface area contributed by atoms with E-state index in [1.54, 1.807) is 20.8 Å². The highest BCUT2D eigenvalue weighted by Gasteiger charge is 2.30. The molecular weight excluding hydrogens is 258 g/mol. The molecule has 0 fully saturated rings. The number of aromatic amines is 1. The van der Waals surface area contributed by atoms with Crippen LogP contribution in [0.2, 0.25) is 0 Å². The smallest absolute Gasteiger partial charge is 0.321 e. The van der Waals surface area contributed by atoms with Crippen LogP contribution in [-0.2, 0) is 19.6 Å². The van der Waals surface area contributed by atoms with Gasteiger partial charge in [-0.2, -0.15) is 9.40 Å². The maximum atomic E-state index is 12.4. The van der Waals surface area contributed by atoms with Gasteiger partial charge in [0, 0.05) is 6.54 Å². The van der Waals surface area contributed by atoms with Crippen LogP contribution < -0.4 is 0 Å². The third-order valence-corrected chi connectivity index (χ3v) is 4.73. The Labute approximate surface area is 106 Å². The van der Waals surface area contributed by atoms with Crippen LogP contribution in [0, 0.1) is 13.8 Å². The highest BCUT2D eigenvalue weighted by molar-refractivity contribution is 7.89. The number of nitrogens with zero attached hydrogens (tertiary/aromatic N) is 2. The predicted octanol–water partition coefficient (Wildman–Crippen LogP) is 0.210. The lowest BCUT2D eigenvalue weighted by molar-refractivity contribution is -0.140. The number of hydrogen-bond acceptors (Lipinski definition) is 5. The number of carbonyl (C=O) groups is 1. The fourth-order valence-corrected chi connectivity index (χ4v) is 3.35. The minimum atomic E-state index is -3.74. The number of carbonyl (C=O) groups excluding carboxylic acids is 1. The van der Waals surface area contributed by atoms with Gasteiger partial charge in [0.25, 0.3) is 0 Å². The lowest BCUT2D eigenvalue weighted by atomic mass is 10.4. The van der Waals surface area contributed by atoms with Crippen molar-refractivity contribution in [1.82, 2.24) is 14.5 Å². The predicted molar refractivity (Wildman–Crippen MR) is 64.5 cm³/mol. The third-order valence-electron chi connectivity index (χ3n) is 2.54. The first kappa shape index (κ1) is 14.7. The molecule has 7 nitrogen and oxygen atoms in total. The second-order valence-electron chi connectivity index (χ2n) is 3.77. The van der Waals surface area contributed by atoms with E-state index in [1.165, 1.54) is 7.11 Å². The molecule has 102 valence electrons. The van der Waals surface area contributed by atoms with Gasteiger partial charge in [-0.15, -0.1) is 0 Å². The van der Waals surface area contributed by atoms with E-state index in [2.05, 4.69) is 14.9 Å². The summed E-state index contributed by atoms with van der Waals surface area (Å²) >= 11 is 0. The topological polar surface area (TPSA) is 92.4 Å². The number of ether oxygens (including phenoxy) is 1.